The summed E-state index contributed by atoms with van der Waals surface area (Å²) in [5.41, 5.74) is 0. The molecule has 0 heterocycles. The van der Waals surface area contributed by atoms with Gasteiger partial charge in [-0.25, -0.2) is 5.26 Å². The molecule has 2 heteroatoms. The average Bonchev–Trinajstić information content (AvgIpc) is 1.50. The lowest BCUT2D eigenvalue weighted by molar-refractivity contribution is 1.58. The first kappa shape index (κ1) is 8.98. The first-order chi connectivity index (χ1) is 2.00. The van der Waals surface area contributed by atoms with Crippen molar-refractivity contribution in [1.29, 1.82) is 5.26 Å². The quantitative estimate of drug-likeness (QED) is 0.376. The molecule has 0 saturated heterocycles. The molecule has 0 saturated carbocycles. The maximum atomic E-state index is 6.50. The van der Waals surface area contributed by atoms with Crippen LogP contribution in [0.2, 0.25) is 5.79 Å². The maximum absolute atomic E-state index is 6.50. The summed E-state index contributed by atoms with van der Waals surface area (Å²) in [6.45, 7) is 3.50. The summed E-state index contributed by atoms with van der Waals surface area (Å²) in [6.07, 6.45) is 0. The van der Waals surface area contributed by atoms with Crippen molar-refractivity contribution in [3.05, 3.63) is 0 Å². The van der Waals surface area contributed by atoms with Crippen molar-refractivity contribution >= 4 is 16.3 Å². The van der Waals surface area contributed by atoms with Gasteiger partial charge in [0.25, 0.3) is 0 Å². The fourth-order valence-corrected chi connectivity index (χ4v) is 0. The minimum Gasteiger partial charge on any atom is -0.202 e. The van der Waals surface area contributed by atoms with Gasteiger partial charge in [-0.05, 0) is 0 Å². The van der Waals surface area contributed by atoms with Gasteiger partial charge in [0.2, 0.25) is 0 Å². The van der Waals surface area contributed by atoms with E-state index in [1.54, 1.807) is 0 Å². The third-order valence-corrected chi connectivity index (χ3v) is 0. The molecule has 0 rings (SSSR count). The van der Waals surface area contributed by atoms with Gasteiger partial charge >= 0.3 is 0 Å². The van der Waals surface area contributed by atoms with Crippen molar-refractivity contribution in [2.75, 3.05) is 0 Å². The third-order valence-electron chi connectivity index (χ3n) is 0. The molecule has 20 valence electrons. The van der Waals surface area contributed by atoms with Gasteiger partial charge in [-0.1, -0.05) is 0 Å². The van der Waals surface area contributed by atoms with Crippen molar-refractivity contribution in [3.63, 3.8) is 0 Å². The van der Waals surface area contributed by atoms with Crippen LogP contribution in [-0.4, -0.2) is 16.3 Å². The van der Waals surface area contributed by atoms with Gasteiger partial charge in [-0.15, -0.1) is 5.79 Å². The zero-order valence-electron chi connectivity index (χ0n) is 2.60. The van der Waals surface area contributed by atoms with Gasteiger partial charge in [-0.3, -0.25) is 0 Å². The molecular formula is C2H4AlN. The average molecular weight is 69.0 g/mol. The Balaban J connectivity index is 0. The summed E-state index contributed by atoms with van der Waals surface area (Å²) in [5.74, 6) is 1.92. The highest BCUT2D eigenvalue weighted by Gasteiger charge is 0.999. The minimum absolute atomic E-state index is 1.92. The number of rotatable bonds is 0. The SMILES string of the molecule is C#N.[CH3][Al]. The predicted octanol–water partition coefficient (Wildman–Crippen LogP) is 0.343. The molecule has 0 N–H and O–H groups in total. The van der Waals surface area contributed by atoms with Crippen LogP contribution in [-0.2, 0) is 0 Å². The van der Waals surface area contributed by atoms with Crippen LogP contribution in [0, 0.1) is 11.8 Å². The summed E-state index contributed by atoms with van der Waals surface area (Å²) >= 11 is 2.42. The van der Waals surface area contributed by atoms with Crippen LogP contribution in [0.4, 0.5) is 0 Å². The molecule has 0 aliphatic carbocycles. The number of nitrogens with zero attached hydrogens (tertiary/aromatic N) is 1. The molecule has 0 spiro atoms. The zero-order chi connectivity index (χ0) is 4.00. The zero-order valence-corrected chi connectivity index (χ0v) is 3.76. The van der Waals surface area contributed by atoms with Gasteiger partial charge in [0.05, 0.1) is 0 Å². The van der Waals surface area contributed by atoms with Gasteiger partial charge in [-0.2, -0.15) is 0 Å². The smallest absolute Gasteiger partial charge is 0.112 e. The molecule has 0 unspecified atom stereocenters. The first-order valence-corrected chi connectivity index (χ1v) is 1.99. The Morgan fingerprint density at radius 3 is 1.50 bits per heavy atom. The molecule has 0 fully saturated rings. The van der Waals surface area contributed by atoms with Crippen molar-refractivity contribution in [2.45, 2.75) is 5.79 Å². The molecule has 0 aromatic rings. The van der Waals surface area contributed by atoms with E-state index >= 15 is 0 Å². The van der Waals surface area contributed by atoms with E-state index < -0.39 is 0 Å². The van der Waals surface area contributed by atoms with Gasteiger partial charge in [0, 0.05) is 6.57 Å². The fourth-order valence-electron chi connectivity index (χ4n) is 0. The Labute approximate surface area is 34.7 Å². The highest BCUT2D eigenvalue weighted by Crippen LogP contribution is 0.960. The van der Waals surface area contributed by atoms with Crippen molar-refractivity contribution < 1.29 is 0 Å². The van der Waals surface area contributed by atoms with Crippen LogP contribution in [0.15, 0.2) is 0 Å². The lowest BCUT2D eigenvalue weighted by atomic mass is 11.9. The van der Waals surface area contributed by atoms with Crippen LogP contribution in [0.5, 0.6) is 0 Å². The van der Waals surface area contributed by atoms with Crippen molar-refractivity contribution in [2.24, 2.45) is 0 Å². The first-order valence-electron chi connectivity index (χ1n) is 0.836. The molecule has 4 heavy (non-hydrogen) atoms. The molecule has 1 nitrogen and oxygen atoms in total. The summed E-state index contributed by atoms with van der Waals surface area (Å²) in [6, 6.07) is 0. The molecule has 2 radical (unpaired) electrons. The number of hydrogen-bond donors (Lipinski definition) is 0. The maximum Gasteiger partial charge on any atom is 0.112 e. The van der Waals surface area contributed by atoms with Crippen LogP contribution in [0.1, 0.15) is 0 Å². The fraction of sp³-hybridized carbons (Fsp3) is 0.500. The Kier molecular flexibility index (Phi) is 55000. The normalized spacial score (nSPS) is 1.75. The lowest BCUT2D eigenvalue weighted by Crippen LogP contribution is -1.13. The summed E-state index contributed by atoms with van der Waals surface area (Å²) in [7, 11) is 0. The van der Waals surface area contributed by atoms with Crippen LogP contribution >= 0.6 is 0 Å². The second-order valence-electron chi connectivity index (χ2n) is 0. The predicted molar refractivity (Wildman–Crippen MR) is 18.3 cm³/mol. The van der Waals surface area contributed by atoms with E-state index in [2.05, 4.69) is 22.9 Å². The van der Waals surface area contributed by atoms with E-state index in [1.165, 1.54) is 0 Å². The van der Waals surface area contributed by atoms with Crippen LogP contribution in [0.25, 0.3) is 0 Å². The van der Waals surface area contributed by atoms with Crippen molar-refractivity contribution in [1.82, 2.24) is 0 Å². The molecule has 0 aliphatic rings. The number of hydrogen-bond acceptors (Lipinski definition) is 1. The Hall–Kier alpha value is 0.0225. The minimum atomic E-state index is 1.92. The molecule has 0 amide bonds. The highest BCUT2D eigenvalue weighted by atomic mass is 27.0. The van der Waals surface area contributed by atoms with Gasteiger partial charge in [0.15, 0.2) is 0 Å². The molecule has 0 atom stereocenters. The third kappa shape index (κ3) is 4190. The summed E-state index contributed by atoms with van der Waals surface area (Å²) in [5, 5.41) is 6.50. The topological polar surface area (TPSA) is 23.8 Å². The van der Waals surface area contributed by atoms with E-state index in [4.69, 9.17) is 5.26 Å². The Morgan fingerprint density at radius 1 is 1.50 bits per heavy atom. The van der Waals surface area contributed by atoms with Crippen LogP contribution in [0.3, 0.4) is 0 Å². The summed E-state index contributed by atoms with van der Waals surface area (Å²) < 4.78 is 0. The molecule has 0 aromatic carbocycles. The Bertz CT molecular complexity index is 10.8. The van der Waals surface area contributed by atoms with Crippen LogP contribution < -0.4 is 0 Å². The summed E-state index contributed by atoms with van der Waals surface area (Å²) in [4.78, 5) is 0. The van der Waals surface area contributed by atoms with E-state index in [1.807, 2.05) is 5.79 Å². The monoisotopic (exact) mass is 69.0 g/mol. The highest BCUT2D eigenvalue weighted by molar-refractivity contribution is 6.05. The van der Waals surface area contributed by atoms with E-state index in [-0.39, 0.29) is 0 Å². The van der Waals surface area contributed by atoms with Crippen molar-refractivity contribution in [3.8, 4) is 6.57 Å². The standard InChI is InChI=1S/CHN.CH3.Al/c1-2;;/h1H;1H3;. The second-order valence-corrected chi connectivity index (χ2v) is 0. The molecular weight excluding hydrogens is 65.0 g/mol. The van der Waals surface area contributed by atoms with Gasteiger partial charge in [0.1, 0.15) is 16.3 Å². The molecule has 0 bridgehead atoms. The second kappa shape index (κ2) is 24500. The van der Waals surface area contributed by atoms with Gasteiger partial charge < -0.3 is 0 Å². The molecule has 0 aromatic heterocycles. The lowest BCUT2D eigenvalue weighted by Gasteiger charge is -1.02. The number of nitriles is 1. The molecule has 0 aliphatic heterocycles. The Morgan fingerprint density at radius 2 is 1.50 bits per heavy atom. The largest absolute Gasteiger partial charge is 0.202 e. The van der Waals surface area contributed by atoms with E-state index in [9.17, 15) is 0 Å². The van der Waals surface area contributed by atoms with E-state index in [0.29, 0.717) is 0 Å². The van der Waals surface area contributed by atoms with E-state index in [0.717, 1.165) is 0 Å².